The number of anilines is 1. The van der Waals surface area contributed by atoms with Crippen LogP contribution in [0.1, 0.15) is 5.89 Å². The minimum absolute atomic E-state index is 0.0257. The topological polar surface area (TPSA) is 73.0 Å². The molecule has 0 spiro atoms. The van der Waals surface area contributed by atoms with E-state index in [9.17, 15) is 9.18 Å². The monoisotopic (exact) mass is 384 g/mol. The molecule has 0 radical (unpaired) electrons. The van der Waals surface area contributed by atoms with Crippen molar-refractivity contribution < 1.29 is 13.6 Å². The fourth-order valence-corrected chi connectivity index (χ4v) is 2.96. The van der Waals surface area contributed by atoms with Crippen LogP contribution in [-0.4, -0.2) is 20.7 Å². The predicted molar refractivity (Wildman–Crippen MR) is 100 cm³/mol. The predicted octanol–water partition coefficient (Wildman–Crippen LogP) is 4.43. The van der Waals surface area contributed by atoms with Crippen molar-refractivity contribution in [3.63, 3.8) is 0 Å². The zero-order chi connectivity index (χ0) is 19.0. The Labute approximate surface area is 158 Å². The molecule has 8 heteroatoms. The van der Waals surface area contributed by atoms with Gasteiger partial charge in [0.15, 0.2) is 0 Å². The first kappa shape index (κ1) is 17.2. The first-order chi connectivity index (χ1) is 13.0. The Kier molecular flexibility index (Phi) is 4.37. The number of carbonyl (C=O) groups excluding carboxylic acids is 1. The highest BCUT2D eigenvalue weighted by Gasteiger charge is 2.12. The van der Waals surface area contributed by atoms with Crippen LogP contribution in [0, 0.1) is 12.7 Å². The third kappa shape index (κ3) is 3.54. The molecular weight excluding hydrogens is 371 g/mol. The summed E-state index contributed by atoms with van der Waals surface area (Å²) >= 11 is 5.73. The van der Waals surface area contributed by atoms with Crippen LogP contribution in [0.5, 0.6) is 0 Å². The number of benzene rings is 2. The second-order valence-corrected chi connectivity index (χ2v) is 6.45. The third-order valence-corrected chi connectivity index (χ3v) is 4.30. The van der Waals surface area contributed by atoms with Gasteiger partial charge in [-0.15, -0.1) is 10.2 Å². The van der Waals surface area contributed by atoms with Crippen molar-refractivity contribution in [1.82, 2.24) is 14.8 Å². The zero-order valence-electron chi connectivity index (χ0n) is 14.2. The lowest BCUT2D eigenvalue weighted by molar-refractivity contribution is -0.116. The van der Waals surface area contributed by atoms with Gasteiger partial charge in [0.1, 0.15) is 12.4 Å². The molecule has 0 saturated carbocycles. The van der Waals surface area contributed by atoms with Gasteiger partial charge in [0.05, 0.1) is 5.69 Å². The number of rotatable bonds is 4. The summed E-state index contributed by atoms with van der Waals surface area (Å²) in [6.07, 6.45) is 1.80. The van der Waals surface area contributed by atoms with E-state index in [0.717, 1.165) is 22.5 Å². The number of carbonyl (C=O) groups is 1. The van der Waals surface area contributed by atoms with Crippen LogP contribution in [0.2, 0.25) is 5.02 Å². The van der Waals surface area contributed by atoms with Crippen LogP contribution in [0.4, 0.5) is 10.1 Å². The van der Waals surface area contributed by atoms with E-state index < -0.39 is 5.82 Å². The average molecular weight is 385 g/mol. The van der Waals surface area contributed by atoms with E-state index in [1.165, 1.54) is 12.1 Å². The van der Waals surface area contributed by atoms with E-state index in [4.69, 9.17) is 16.0 Å². The normalized spacial score (nSPS) is 11.1. The largest absolute Gasteiger partial charge is 0.421 e. The Bertz CT molecular complexity index is 1150. The summed E-state index contributed by atoms with van der Waals surface area (Å²) in [6.45, 7) is 1.75. The maximum Gasteiger partial charge on any atom is 0.247 e. The lowest BCUT2D eigenvalue weighted by atomic mass is 10.1. The van der Waals surface area contributed by atoms with Crippen LogP contribution in [0.15, 0.2) is 53.1 Å². The molecule has 1 amide bonds. The number of halogens is 2. The molecule has 1 N–H and O–H groups in total. The van der Waals surface area contributed by atoms with E-state index in [1.54, 1.807) is 17.7 Å². The van der Waals surface area contributed by atoms with Crippen LogP contribution >= 0.6 is 11.6 Å². The number of nitrogens with zero attached hydrogens (tertiary/aromatic N) is 3. The maximum atomic E-state index is 13.9. The van der Waals surface area contributed by atoms with Crippen molar-refractivity contribution in [3.05, 3.63) is 65.4 Å². The Morgan fingerprint density at radius 3 is 2.81 bits per heavy atom. The molecule has 0 aliphatic heterocycles. The van der Waals surface area contributed by atoms with Crippen molar-refractivity contribution in [3.8, 4) is 11.5 Å². The number of hydrogen-bond acceptors (Lipinski definition) is 4. The van der Waals surface area contributed by atoms with Gasteiger partial charge in [-0.05, 0) is 41.8 Å². The van der Waals surface area contributed by atoms with E-state index >= 15 is 0 Å². The van der Waals surface area contributed by atoms with Crippen molar-refractivity contribution in [2.24, 2.45) is 0 Å². The quantitative estimate of drug-likeness (QED) is 0.565. The van der Waals surface area contributed by atoms with Crippen LogP contribution in [0.3, 0.4) is 0 Å². The Hall–Kier alpha value is -3.19. The summed E-state index contributed by atoms with van der Waals surface area (Å²) in [7, 11) is 0. The van der Waals surface area contributed by atoms with Gasteiger partial charge in [-0.1, -0.05) is 17.7 Å². The highest BCUT2D eigenvalue weighted by molar-refractivity contribution is 6.30. The SMILES string of the molecule is Cc1nnc(-c2ccc3ccn(CC(=O)Nc4ccc(Cl)cc4F)c3c2)o1. The lowest BCUT2D eigenvalue weighted by Crippen LogP contribution is -2.18. The Morgan fingerprint density at radius 2 is 2.07 bits per heavy atom. The summed E-state index contributed by atoms with van der Waals surface area (Å²) in [5, 5.41) is 11.6. The molecule has 2 heterocycles. The molecule has 4 rings (SSSR count). The first-order valence-corrected chi connectivity index (χ1v) is 8.52. The highest BCUT2D eigenvalue weighted by Crippen LogP contribution is 2.25. The second-order valence-electron chi connectivity index (χ2n) is 6.02. The number of amides is 1. The van der Waals surface area contributed by atoms with E-state index in [2.05, 4.69) is 15.5 Å². The van der Waals surface area contributed by atoms with Gasteiger partial charge < -0.3 is 14.3 Å². The standard InChI is InChI=1S/C19H14ClFN4O2/c1-11-23-24-19(27-11)13-3-2-12-6-7-25(17(12)8-13)10-18(26)22-16-5-4-14(20)9-15(16)21/h2-9H,10H2,1H3,(H,22,26). The van der Waals surface area contributed by atoms with Crippen molar-refractivity contribution in [2.75, 3.05) is 5.32 Å². The Morgan fingerprint density at radius 1 is 1.22 bits per heavy atom. The van der Waals surface area contributed by atoms with E-state index in [1.807, 2.05) is 24.3 Å². The van der Waals surface area contributed by atoms with Crippen molar-refractivity contribution in [1.29, 1.82) is 0 Å². The van der Waals surface area contributed by atoms with E-state index in [0.29, 0.717) is 11.8 Å². The lowest BCUT2D eigenvalue weighted by Gasteiger charge is -2.09. The third-order valence-electron chi connectivity index (χ3n) is 4.07. The maximum absolute atomic E-state index is 13.9. The molecule has 0 saturated heterocycles. The molecular formula is C19H14ClFN4O2. The number of aromatic nitrogens is 3. The summed E-state index contributed by atoms with van der Waals surface area (Å²) in [6, 6.07) is 11.7. The number of fused-ring (bicyclic) bond motifs is 1. The van der Waals surface area contributed by atoms with Gasteiger partial charge in [0, 0.05) is 29.2 Å². The molecule has 2 aromatic carbocycles. The minimum atomic E-state index is -0.581. The van der Waals surface area contributed by atoms with Gasteiger partial charge in [-0.25, -0.2) is 4.39 Å². The summed E-state index contributed by atoms with van der Waals surface area (Å²) < 4.78 is 21.1. The fraction of sp³-hybridized carbons (Fsp3) is 0.105. The summed E-state index contributed by atoms with van der Waals surface area (Å²) in [5.41, 5.74) is 1.67. The molecule has 136 valence electrons. The minimum Gasteiger partial charge on any atom is -0.421 e. The number of hydrogen-bond donors (Lipinski definition) is 1. The number of nitrogens with one attached hydrogen (secondary N) is 1. The molecule has 27 heavy (non-hydrogen) atoms. The molecule has 0 atom stereocenters. The summed E-state index contributed by atoms with van der Waals surface area (Å²) in [5.74, 6) is -0.0466. The van der Waals surface area contributed by atoms with Gasteiger partial charge in [0.2, 0.25) is 17.7 Å². The smallest absolute Gasteiger partial charge is 0.247 e. The second kappa shape index (κ2) is 6.85. The highest BCUT2D eigenvalue weighted by atomic mass is 35.5. The molecule has 0 aliphatic rings. The van der Waals surface area contributed by atoms with Crippen LogP contribution in [-0.2, 0) is 11.3 Å². The van der Waals surface area contributed by atoms with Crippen LogP contribution in [0.25, 0.3) is 22.4 Å². The Balaban J connectivity index is 1.58. The first-order valence-electron chi connectivity index (χ1n) is 8.14. The fourth-order valence-electron chi connectivity index (χ4n) is 2.80. The zero-order valence-corrected chi connectivity index (χ0v) is 15.0. The molecule has 0 bridgehead atoms. The van der Waals surface area contributed by atoms with Gasteiger partial charge in [-0.3, -0.25) is 4.79 Å². The molecule has 4 aromatic rings. The molecule has 2 aromatic heterocycles. The van der Waals surface area contributed by atoms with Crippen LogP contribution < -0.4 is 5.32 Å². The number of aryl methyl sites for hydroxylation is 1. The summed E-state index contributed by atoms with van der Waals surface area (Å²) in [4.78, 5) is 12.3. The average Bonchev–Trinajstić information content (AvgIpc) is 3.24. The molecule has 0 aliphatic carbocycles. The molecule has 0 fully saturated rings. The van der Waals surface area contributed by atoms with E-state index in [-0.39, 0.29) is 23.2 Å². The molecule has 0 unspecified atom stereocenters. The van der Waals surface area contributed by atoms with Gasteiger partial charge in [-0.2, -0.15) is 0 Å². The van der Waals surface area contributed by atoms with Crippen molar-refractivity contribution in [2.45, 2.75) is 13.5 Å². The molecule has 6 nitrogen and oxygen atoms in total. The van der Waals surface area contributed by atoms with Crippen molar-refractivity contribution >= 4 is 34.1 Å². The van der Waals surface area contributed by atoms with Gasteiger partial charge in [0.25, 0.3) is 0 Å². The van der Waals surface area contributed by atoms with Gasteiger partial charge >= 0.3 is 0 Å².